The van der Waals surface area contributed by atoms with Crippen molar-refractivity contribution in [1.82, 2.24) is 0 Å². The number of hydrogen-bond donors (Lipinski definition) is 1. The first kappa shape index (κ1) is 14.5. The van der Waals surface area contributed by atoms with Gasteiger partial charge in [-0.15, -0.1) is 0 Å². The van der Waals surface area contributed by atoms with E-state index < -0.39 is 0 Å². The van der Waals surface area contributed by atoms with E-state index in [1.165, 1.54) is 0 Å². The molecular formula is C17H14ClNO3. The molecule has 1 aliphatic heterocycles. The second kappa shape index (κ2) is 6.12. The summed E-state index contributed by atoms with van der Waals surface area (Å²) in [6.07, 6.45) is 1.79. The number of hydrogen-bond acceptors (Lipinski definition) is 3. The molecule has 0 saturated carbocycles. The minimum atomic E-state index is -0.227. The molecule has 3 rings (SSSR count). The Bertz CT molecular complexity index is 755. The summed E-state index contributed by atoms with van der Waals surface area (Å²) in [5.41, 5.74) is 1.94. The minimum absolute atomic E-state index is 0.218. The van der Waals surface area contributed by atoms with E-state index in [2.05, 4.69) is 5.32 Å². The number of halogens is 1. The molecule has 0 aromatic heterocycles. The Labute approximate surface area is 133 Å². The fourth-order valence-corrected chi connectivity index (χ4v) is 2.41. The fourth-order valence-electron chi connectivity index (χ4n) is 2.23. The number of ether oxygens (including phenoxy) is 2. The van der Waals surface area contributed by atoms with Crippen LogP contribution in [0.4, 0.5) is 5.69 Å². The van der Waals surface area contributed by atoms with Gasteiger partial charge in [0.15, 0.2) is 0 Å². The highest BCUT2D eigenvalue weighted by molar-refractivity contribution is 6.30. The first-order chi connectivity index (χ1) is 10.7. The lowest BCUT2D eigenvalue weighted by Crippen LogP contribution is -2.21. The first-order valence-corrected chi connectivity index (χ1v) is 7.12. The van der Waals surface area contributed by atoms with Crippen molar-refractivity contribution in [3.05, 3.63) is 58.6 Å². The average molecular weight is 316 g/mol. The zero-order valence-corrected chi connectivity index (χ0v) is 12.7. The minimum Gasteiger partial charge on any atom is -0.495 e. The maximum atomic E-state index is 12.4. The van der Waals surface area contributed by atoms with Gasteiger partial charge in [0.05, 0.1) is 18.4 Å². The van der Waals surface area contributed by atoms with Crippen molar-refractivity contribution in [3.8, 4) is 11.5 Å². The molecule has 0 aliphatic carbocycles. The number of anilines is 1. The number of carbonyl (C=O) groups excluding carboxylic acids is 1. The lowest BCUT2D eigenvalue weighted by atomic mass is 10.1. The summed E-state index contributed by atoms with van der Waals surface area (Å²) in [4.78, 5) is 12.4. The highest BCUT2D eigenvalue weighted by atomic mass is 35.5. The topological polar surface area (TPSA) is 47.6 Å². The molecule has 0 bridgehead atoms. The van der Waals surface area contributed by atoms with Crippen LogP contribution in [0.25, 0.3) is 6.08 Å². The van der Waals surface area contributed by atoms with Gasteiger partial charge in [0.1, 0.15) is 18.1 Å². The van der Waals surface area contributed by atoms with Crippen molar-refractivity contribution in [3.63, 3.8) is 0 Å². The molecule has 0 spiro atoms. The normalized spacial score (nSPS) is 12.7. The number of carbonyl (C=O) groups is 1. The van der Waals surface area contributed by atoms with Gasteiger partial charge in [0, 0.05) is 10.6 Å². The quantitative estimate of drug-likeness (QED) is 0.938. The number of benzene rings is 2. The first-order valence-electron chi connectivity index (χ1n) is 6.74. The molecule has 5 heteroatoms. The van der Waals surface area contributed by atoms with Crippen molar-refractivity contribution >= 4 is 29.3 Å². The molecule has 1 amide bonds. The molecule has 2 aromatic rings. The van der Waals surface area contributed by atoms with Gasteiger partial charge in [-0.3, -0.25) is 4.79 Å². The molecule has 0 atom stereocenters. The van der Waals surface area contributed by atoms with E-state index in [1.54, 1.807) is 43.5 Å². The fraction of sp³-hybridized carbons (Fsp3) is 0.118. The number of fused-ring (bicyclic) bond motifs is 1. The maximum absolute atomic E-state index is 12.4. The summed E-state index contributed by atoms with van der Waals surface area (Å²) in [5, 5.41) is 3.43. The predicted octanol–water partition coefficient (Wildman–Crippen LogP) is 3.76. The van der Waals surface area contributed by atoms with E-state index in [1.807, 2.05) is 12.1 Å². The van der Waals surface area contributed by atoms with Crippen LogP contribution in [-0.4, -0.2) is 19.6 Å². The molecule has 0 fully saturated rings. The smallest absolute Gasteiger partial charge is 0.255 e. The number of para-hydroxylation sites is 2. The molecule has 4 nitrogen and oxygen atoms in total. The Morgan fingerprint density at radius 3 is 2.91 bits per heavy atom. The number of amides is 1. The van der Waals surface area contributed by atoms with Crippen LogP contribution in [0, 0.1) is 0 Å². The summed E-state index contributed by atoms with van der Waals surface area (Å²) >= 11 is 5.97. The third-order valence-electron chi connectivity index (χ3n) is 3.33. The predicted molar refractivity (Wildman–Crippen MR) is 86.5 cm³/mol. The SMILES string of the molecule is COc1ccccc1NC(=O)C1=Cc2cc(Cl)ccc2OC1. The van der Waals surface area contributed by atoms with Gasteiger partial charge >= 0.3 is 0 Å². The van der Waals surface area contributed by atoms with Gasteiger partial charge in [-0.25, -0.2) is 0 Å². The van der Waals surface area contributed by atoms with E-state index in [9.17, 15) is 4.79 Å². The molecule has 0 saturated heterocycles. The van der Waals surface area contributed by atoms with Crippen LogP contribution in [0.1, 0.15) is 5.56 Å². The van der Waals surface area contributed by atoms with E-state index >= 15 is 0 Å². The van der Waals surface area contributed by atoms with E-state index in [4.69, 9.17) is 21.1 Å². The Kier molecular flexibility index (Phi) is 4.02. The van der Waals surface area contributed by atoms with Gasteiger partial charge in [0.25, 0.3) is 5.91 Å². The number of rotatable bonds is 3. The number of methoxy groups -OCH3 is 1. The zero-order valence-electron chi connectivity index (χ0n) is 11.9. The summed E-state index contributed by atoms with van der Waals surface area (Å²) in [7, 11) is 1.56. The Hall–Kier alpha value is -2.46. The Morgan fingerprint density at radius 2 is 2.09 bits per heavy atom. The molecular weight excluding hydrogens is 302 g/mol. The largest absolute Gasteiger partial charge is 0.495 e. The van der Waals surface area contributed by atoms with Crippen LogP contribution < -0.4 is 14.8 Å². The second-order valence-electron chi connectivity index (χ2n) is 4.79. The lowest BCUT2D eigenvalue weighted by molar-refractivity contribution is -0.113. The van der Waals surface area contributed by atoms with Crippen LogP contribution >= 0.6 is 11.6 Å². The molecule has 22 heavy (non-hydrogen) atoms. The van der Waals surface area contributed by atoms with Gasteiger partial charge in [0.2, 0.25) is 0 Å². The second-order valence-corrected chi connectivity index (χ2v) is 5.23. The van der Waals surface area contributed by atoms with Crippen molar-refractivity contribution < 1.29 is 14.3 Å². The standard InChI is InChI=1S/C17H14ClNO3/c1-21-16-5-3-2-4-14(16)19-17(20)12-8-11-9-13(18)6-7-15(11)22-10-12/h2-9H,10H2,1H3,(H,19,20). The Balaban J connectivity index is 1.84. The van der Waals surface area contributed by atoms with Gasteiger partial charge in [-0.2, -0.15) is 0 Å². The van der Waals surface area contributed by atoms with E-state index in [0.29, 0.717) is 22.0 Å². The summed E-state index contributed by atoms with van der Waals surface area (Å²) in [5.74, 6) is 1.10. The van der Waals surface area contributed by atoms with Crippen molar-refractivity contribution in [2.24, 2.45) is 0 Å². The molecule has 112 valence electrons. The molecule has 1 N–H and O–H groups in total. The van der Waals surface area contributed by atoms with Crippen LogP contribution in [-0.2, 0) is 4.79 Å². The van der Waals surface area contributed by atoms with Crippen molar-refractivity contribution in [1.29, 1.82) is 0 Å². The van der Waals surface area contributed by atoms with E-state index in [0.717, 1.165) is 11.3 Å². The van der Waals surface area contributed by atoms with Gasteiger partial charge in [-0.05, 0) is 36.4 Å². The van der Waals surface area contributed by atoms with Crippen LogP contribution in [0.15, 0.2) is 48.0 Å². The summed E-state index contributed by atoms with van der Waals surface area (Å²) in [6, 6.07) is 12.6. The van der Waals surface area contributed by atoms with Crippen molar-refractivity contribution in [2.75, 3.05) is 19.0 Å². The molecule has 1 aliphatic rings. The molecule has 2 aromatic carbocycles. The summed E-state index contributed by atoms with van der Waals surface area (Å²) < 4.78 is 10.8. The summed E-state index contributed by atoms with van der Waals surface area (Å²) in [6.45, 7) is 0.218. The molecule has 0 unspecified atom stereocenters. The van der Waals surface area contributed by atoms with Gasteiger partial charge < -0.3 is 14.8 Å². The van der Waals surface area contributed by atoms with Crippen LogP contribution in [0.3, 0.4) is 0 Å². The maximum Gasteiger partial charge on any atom is 0.255 e. The average Bonchev–Trinajstić information content (AvgIpc) is 2.54. The molecule has 0 radical (unpaired) electrons. The lowest BCUT2D eigenvalue weighted by Gasteiger charge is -2.18. The highest BCUT2D eigenvalue weighted by Crippen LogP contribution is 2.30. The highest BCUT2D eigenvalue weighted by Gasteiger charge is 2.18. The zero-order chi connectivity index (χ0) is 15.5. The molecule has 1 heterocycles. The monoisotopic (exact) mass is 315 g/mol. The van der Waals surface area contributed by atoms with Crippen LogP contribution in [0.2, 0.25) is 5.02 Å². The number of nitrogens with one attached hydrogen (secondary N) is 1. The Morgan fingerprint density at radius 1 is 1.27 bits per heavy atom. The third kappa shape index (κ3) is 2.92. The third-order valence-corrected chi connectivity index (χ3v) is 3.57. The van der Waals surface area contributed by atoms with Crippen molar-refractivity contribution in [2.45, 2.75) is 0 Å². The van der Waals surface area contributed by atoms with Gasteiger partial charge in [-0.1, -0.05) is 23.7 Å². The van der Waals surface area contributed by atoms with Crippen LogP contribution in [0.5, 0.6) is 11.5 Å². The van der Waals surface area contributed by atoms with E-state index in [-0.39, 0.29) is 12.5 Å².